The first kappa shape index (κ1) is 8.59. The smallest absolute Gasteiger partial charge is 0.217 e. The van der Waals surface area contributed by atoms with Gasteiger partial charge in [-0.1, -0.05) is 6.07 Å². The summed E-state index contributed by atoms with van der Waals surface area (Å²) in [7, 11) is 0. The molecule has 0 aliphatic carbocycles. The van der Waals surface area contributed by atoms with Gasteiger partial charge in [0.2, 0.25) is 5.95 Å². The predicted molar refractivity (Wildman–Crippen MR) is 45.6 cm³/mol. The van der Waals surface area contributed by atoms with Crippen LogP contribution < -0.4 is 5.32 Å². The quantitative estimate of drug-likeness (QED) is 0.699. The zero-order chi connectivity index (χ0) is 9.10. The number of hydrogen-bond donors (Lipinski definition) is 1. The average Bonchev–Trinajstić information content (AvgIpc) is 2.05. The molecule has 13 heavy (non-hydrogen) atoms. The van der Waals surface area contributed by atoms with Gasteiger partial charge in [0.15, 0.2) is 0 Å². The Morgan fingerprint density at radius 2 is 2.46 bits per heavy atom. The number of pyridine rings is 1. The summed E-state index contributed by atoms with van der Waals surface area (Å²) in [6, 6.07) is 3.84. The van der Waals surface area contributed by atoms with Crippen LogP contribution in [0.2, 0.25) is 0 Å². The molecular weight excluding hydrogens is 171 g/mol. The number of hydrogen-bond acceptors (Lipinski definition) is 3. The van der Waals surface area contributed by atoms with E-state index in [0.717, 1.165) is 13.2 Å². The SMILES string of the molecule is Fc1ncccc1CNC1COC1. The van der Waals surface area contributed by atoms with E-state index >= 15 is 0 Å². The van der Waals surface area contributed by atoms with Gasteiger partial charge in [-0.05, 0) is 6.07 Å². The highest BCUT2D eigenvalue weighted by molar-refractivity contribution is 5.10. The molecule has 0 bridgehead atoms. The lowest BCUT2D eigenvalue weighted by Crippen LogP contribution is -2.45. The van der Waals surface area contributed by atoms with Gasteiger partial charge in [0, 0.05) is 18.3 Å². The summed E-state index contributed by atoms with van der Waals surface area (Å²) in [5, 5.41) is 3.17. The zero-order valence-electron chi connectivity index (χ0n) is 7.16. The van der Waals surface area contributed by atoms with Crippen molar-refractivity contribution in [3.05, 3.63) is 29.8 Å². The Balaban J connectivity index is 1.89. The molecule has 1 aromatic rings. The number of halogens is 1. The van der Waals surface area contributed by atoms with Gasteiger partial charge >= 0.3 is 0 Å². The maximum Gasteiger partial charge on any atom is 0.217 e. The molecule has 0 unspecified atom stereocenters. The molecule has 1 fully saturated rings. The largest absolute Gasteiger partial charge is 0.378 e. The molecule has 1 aromatic heterocycles. The molecule has 1 aliphatic heterocycles. The summed E-state index contributed by atoms with van der Waals surface area (Å²) >= 11 is 0. The van der Waals surface area contributed by atoms with Crippen LogP contribution in [0.15, 0.2) is 18.3 Å². The van der Waals surface area contributed by atoms with Gasteiger partial charge in [0.25, 0.3) is 0 Å². The molecule has 0 radical (unpaired) electrons. The van der Waals surface area contributed by atoms with Crippen LogP contribution in [0, 0.1) is 5.95 Å². The van der Waals surface area contributed by atoms with E-state index in [2.05, 4.69) is 10.3 Å². The monoisotopic (exact) mass is 182 g/mol. The fourth-order valence-electron chi connectivity index (χ4n) is 1.16. The minimum Gasteiger partial charge on any atom is -0.378 e. The molecule has 2 rings (SSSR count). The first-order valence-corrected chi connectivity index (χ1v) is 4.27. The van der Waals surface area contributed by atoms with Gasteiger partial charge in [-0.15, -0.1) is 0 Å². The minimum absolute atomic E-state index is 0.375. The molecule has 0 aromatic carbocycles. The predicted octanol–water partition coefficient (Wildman–Crippen LogP) is 0.709. The lowest BCUT2D eigenvalue weighted by Gasteiger charge is -2.26. The Kier molecular flexibility index (Phi) is 2.52. The Labute approximate surface area is 75.9 Å². The molecule has 1 N–H and O–H groups in total. The Morgan fingerprint density at radius 1 is 1.62 bits per heavy atom. The summed E-state index contributed by atoms with van der Waals surface area (Å²) in [6.45, 7) is 1.97. The molecule has 0 spiro atoms. The maximum absolute atomic E-state index is 13.0. The van der Waals surface area contributed by atoms with E-state index < -0.39 is 5.95 Å². The van der Waals surface area contributed by atoms with Crippen LogP contribution in [0.1, 0.15) is 5.56 Å². The Bertz CT molecular complexity index is 289. The van der Waals surface area contributed by atoms with E-state index in [4.69, 9.17) is 4.74 Å². The number of ether oxygens (including phenoxy) is 1. The van der Waals surface area contributed by atoms with Crippen molar-refractivity contribution in [1.82, 2.24) is 10.3 Å². The van der Waals surface area contributed by atoms with Gasteiger partial charge in [0.05, 0.1) is 19.3 Å². The molecule has 1 aliphatic rings. The third-order valence-corrected chi connectivity index (χ3v) is 2.06. The molecule has 3 nitrogen and oxygen atoms in total. The van der Waals surface area contributed by atoms with Crippen LogP contribution in [0.5, 0.6) is 0 Å². The van der Waals surface area contributed by atoms with Crippen molar-refractivity contribution in [2.24, 2.45) is 0 Å². The normalized spacial score (nSPS) is 17.0. The molecule has 0 saturated carbocycles. The van der Waals surface area contributed by atoms with E-state index in [9.17, 15) is 4.39 Å². The number of nitrogens with zero attached hydrogens (tertiary/aromatic N) is 1. The van der Waals surface area contributed by atoms with Gasteiger partial charge in [0.1, 0.15) is 0 Å². The number of rotatable bonds is 3. The third-order valence-electron chi connectivity index (χ3n) is 2.06. The van der Waals surface area contributed by atoms with E-state index in [0.29, 0.717) is 18.2 Å². The molecule has 0 amide bonds. The van der Waals surface area contributed by atoms with Crippen LogP contribution in [0.4, 0.5) is 4.39 Å². The van der Waals surface area contributed by atoms with Gasteiger partial charge in [-0.2, -0.15) is 4.39 Å². The zero-order valence-corrected chi connectivity index (χ0v) is 7.16. The van der Waals surface area contributed by atoms with E-state index in [-0.39, 0.29) is 0 Å². The lowest BCUT2D eigenvalue weighted by atomic mass is 10.2. The van der Waals surface area contributed by atoms with Crippen LogP contribution >= 0.6 is 0 Å². The number of nitrogens with one attached hydrogen (secondary N) is 1. The first-order chi connectivity index (χ1) is 6.36. The summed E-state index contributed by atoms with van der Waals surface area (Å²) in [5.41, 5.74) is 0.606. The second kappa shape index (κ2) is 3.81. The van der Waals surface area contributed by atoms with Crippen LogP contribution in [0.3, 0.4) is 0 Å². The average molecular weight is 182 g/mol. The van der Waals surface area contributed by atoms with Crippen molar-refractivity contribution in [1.29, 1.82) is 0 Å². The van der Waals surface area contributed by atoms with Crippen molar-refractivity contribution in [3.8, 4) is 0 Å². The fraction of sp³-hybridized carbons (Fsp3) is 0.444. The molecule has 1 saturated heterocycles. The molecule has 70 valence electrons. The summed E-state index contributed by atoms with van der Waals surface area (Å²) in [4.78, 5) is 3.56. The lowest BCUT2D eigenvalue weighted by molar-refractivity contribution is -0.00590. The van der Waals surface area contributed by atoms with Crippen LogP contribution in [-0.2, 0) is 11.3 Å². The fourth-order valence-corrected chi connectivity index (χ4v) is 1.16. The summed E-state index contributed by atoms with van der Waals surface area (Å²) in [5.74, 6) is -0.393. The van der Waals surface area contributed by atoms with E-state index in [1.807, 2.05) is 0 Å². The van der Waals surface area contributed by atoms with Gasteiger partial charge in [-0.3, -0.25) is 0 Å². The molecule has 0 atom stereocenters. The summed E-state index contributed by atoms with van der Waals surface area (Å²) < 4.78 is 18.0. The van der Waals surface area contributed by atoms with E-state index in [1.165, 1.54) is 6.20 Å². The van der Waals surface area contributed by atoms with Crippen molar-refractivity contribution >= 4 is 0 Å². The highest BCUT2D eigenvalue weighted by Crippen LogP contribution is 2.05. The molecule has 4 heteroatoms. The van der Waals surface area contributed by atoms with Crippen molar-refractivity contribution in [2.75, 3.05) is 13.2 Å². The highest BCUT2D eigenvalue weighted by atomic mass is 19.1. The topological polar surface area (TPSA) is 34.2 Å². The third kappa shape index (κ3) is 2.02. The van der Waals surface area contributed by atoms with Crippen LogP contribution in [0.25, 0.3) is 0 Å². The highest BCUT2D eigenvalue weighted by Gasteiger charge is 2.17. The minimum atomic E-state index is -0.393. The van der Waals surface area contributed by atoms with Crippen LogP contribution in [-0.4, -0.2) is 24.2 Å². The Hall–Kier alpha value is -1.00. The Morgan fingerprint density at radius 3 is 3.08 bits per heavy atom. The second-order valence-corrected chi connectivity index (χ2v) is 3.07. The standard InChI is InChI=1S/C9H11FN2O/c10-9-7(2-1-3-11-9)4-12-8-5-13-6-8/h1-3,8,12H,4-6H2. The van der Waals surface area contributed by atoms with Gasteiger partial charge in [-0.25, -0.2) is 4.98 Å². The van der Waals surface area contributed by atoms with E-state index in [1.54, 1.807) is 12.1 Å². The van der Waals surface area contributed by atoms with Crippen molar-refractivity contribution < 1.29 is 9.13 Å². The maximum atomic E-state index is 13.0. The van der Waals surface area contributed by atoms with Gasteiger partial charge < -0.3 is 10.1 Å². The first-order valence-electron chi connectivity index (χ1n) is 4.27. The summed E-state index contributed by atoms with van der Waals surface area (Å²) in [6.07, 6.45) is 1.45. The van der Waals surface area contributed by atoms with Crippen molar-refractivity contribution in [3.63, 3.8) is 0 Å². The van der Waals surface area contributed by atoms with Crippen molar-refractivity contribution in [2.45, 2.75) is 12.6 Å². The molecule has 2 heterocycles. The second-order valence-electron chi connectivity index (χ2n) is 3.07. The molecular formula is C9H11FN2O. The number of aromatic nitrogens is 1.